The summed E-state index contributed by atoms with van der Waals surface area (Å²) in [5.41, 5.74) is 0.385. The molecule has 2 aromatic heterocycles. The largest absolute Gasteiger partial charge is 0.478 e. The van der Waals surface area contributed by atoms with Crippen molar-refractivity contribution in [2.45, 2.75) is 26.4 Å². The SMILES string of the molecule is CCc1c(C)sc(NC(=O)c2cnc(C(F)(F)F)nc2)c1C(=O)O. The number of nitrogens with one attached hydrogen (secondary N) is 1. The summed E-state index contributed by atoms with van der Waals surface area (Å²) >= 11 is 1.09. The first-order valence-corrected chi connectivity index (χ1v) is 7.53. The Morgan fingerprint density at radius 1 is 1.29 bits per heavy atom. The van der Waals surface area contributed by atoms with Gasteiger partial charge < -0.3 is 10.4 Å². The van der Waals surface area contributed by atoms with E-state index < -0.39 is 23.9 Å². The van der Waals surface area contributed by atoms with Crippen LogP contribution in [0.1, 0.15) is 43.9 Å². The molecule has 0 bridgehead atoms. The van der Waals surface area contributed by atoms with Crippen molar-refractivity contribution in [1.82, 2.24) is 9.97 Å². The zero-order valence-electron chi connectivity index (χ0n) is 12.6. The van der Waals surface area contributed by atoms with Crippen LogP contribution in [-0.4, -0.2) is 27.0 Å². The van der Waals surface area contributed by atoms with Crippen LogP contribution in [0.5, 0.6) is 0 Å². The van der Waals surface area contributed by atoms with Crippen LogP contribution in [0.25, 0.3) is 0 Å². The van der Waals surface area contributed by atoms with Gasteiger partial charge in [0, 0.05) is 17.3 Å². The lowest BCUT2D eigenvalue weighted by Gasteiger charge is -2.07. The van der Waals surface area contributed by atoms with Crippen LogP contribution in [0.15, 0.2) is 12.4 Å². The molecule has 0 aliphatic heterocycles. The van der Waals surface area contributed by atoms with Crippen molar-refractivity contribution in [1.29, 1.82) is 0 Å². The highest BCUT2D eigenvalue weighted by Gasteiger charge is 2.34. The number of anilines is 1. The van der Waals surface area contributed by atoms with Crippen LogP contribution in [-0.2, 0) is 12.6 Å². The third kappa shape index (κ3) is 3.53. The number of alkyl halides is 3. The highest BCUT2D eigenvalue weighted by molar-refractivity contribution is 7.16. The fourth-order valence-corrected chi connectivity index (χ4v) is 3.22. The number of amides is 1. The molecule has 2 aromatic rings. The quantitative estimate of drug-likeness (QED) is 0.873. The summed E-state index contributed by atoms with van der Waals surface area (Å²) in [6, 6.07) is 0. The monoisotopic (exact) mass is 359 g/mol. The maximum Gasteiger partial charge on any atom is 0.451 e. The smallest absolute Gasteiger partial charge is 0.451 e. The number of thiophene rings is 1. The van der Waals surface area contributed by atoms with Gasteiger partial charge in [-0.1, -0.05) is 6.92 Å². The molecule has 0 spiro atoms. The highest BCUT2D eigenvalue weighted by atomic mass is 32.1. The van der Waals surface area contributed by atoms with Gasteiger partial charge >= 0.3 is 12.1 Å². The van der Waals surface area contributed by atoms with Gasteiger partial charge in [-0.05, 0) is 18.9 Å². The molecule has 0 aliphatic carbocycles. The van der Waals surface area contributed by atoms with Crippen molar-refractivity contribution in [2.24, 2.45) is 0 Å². The van der Waals surface area contributed by atoms with Gasteiger partial charge in [0.25, 0.3) is 5.91 Å². The lowest BCUT2D eigenvalue weighted by atomic mass is 10.1. The number of hydrogen-bond acceptors (Lipinski definition) is 5. The number of halogens is 3. The molecule has 24 heavy (non-hydrogen) atoms. The van der Waals surface area contributed by atoms with E-state index in [2.05, 4.69) is 15.3 Å². The van der Waals surface area contributed by atoms with Crippen molar-refractivity contribution < 1.29 is 27.9 Å². The lowest BCUT2D eigenvalue weighted by Crippen LogP contribution is -2.16. The van der Waals surface area contributed by atoms with Gasteiger partial charge in [0.05, 0.1) is 11.1 Å². The molecule has 2 N–H and O–H groups in total. The molecule has 0 saturated carbocycles. The Morgan fingerprint density at radius 3 is 2.33 bits per heavy atom. The second-order valence-corrected chi connectivity index (χ2v) is 5.97. The molecule has 10 heteroatoms. The van der Waals surface area contributed by atoms with Crippen molar-refractivity contribution in [3.63, 3.8) is 0 Å². The maximum absolute atomic E-state index is 12.4. The van der Waals surface area contributed by atoms with E-state index in [4.69, 9.17) is 0 Å². The minimum Gasteiger partial charge on any atom is -0.478 e. The molecule has 0 radical (unpaired) electrons. The summed E-state index contributed by atoms with van der Waals surface area (Å²) in [5.74, 6) is -3.32. The first kappa shape index (κ1) is 17.9. The summed E-state index contributed by atoms with van der Waals surface area (Å²) in [6.07, 6.45) is -2.74. The number of carbonyl (C=O) groups is 2. The standard InChI is InChI=1S/C14H12F3N3O3S/c1-3-8-6(2)24-11(9(8)12(22)23)20-10(21)7-4-18-13(19-5-7)14(15,16)17/h4-5H,3H2,1-2H3,(H,20,21)(H,22,23). The summed E-state index contributed by atoms with van der Waals surface area (Å²) in [5, 5.41) is 11.8. The Morgan fingerprint density at radius 2 is 1.88 bits per heavy atom. The molecule has 0 saturated heterocycles. The molecule has 0 aliphatic rings. The van der Waals surface area contributed by atoms with Gasteiger partial charge in [-0.15, -0.1) is 11.3 Å². The molecule has 0 unspecified atom stereocenters. The van der Waals surface area contributed by atoms with E-state index in [1.54, 1.807) is 13.8 Å². The van der Waals surface area contributed by atoms with Gasteiger partial charge in [0.1, 0.15) is 5.00 Å². The zero-order chi connectivity index (χ0) is 18.1. The molecule has 2 rings (SSSR count). The van der Waals surface area contributed by atoms with Crippen molar-refractivity contribution in [2.75, 3.05) is 5.32 Å². The first-order chi connectivity index (χ1) is 11.1. The summed E-state index contributed by atoms with van der Waals surface area (Å²) in [7, 11) is 0. The summed E-state index contributed by atoms with van der Waals surface area (Å²) < 4.78 is 37.2. The fraction of sp³-hybridized carbons (Fsp3) is 0.286. The number of aromatic nitrogens is 2. The Balaban J connectivity index is 2.29. The molecule has 6 nitrogen and oxygen atoms in total. The molecule has 0 aromatic carbocycles. The van der Waals surface area contributed by atoms with E-state index >= 15 is 0 Å². The number of carboxylic acid groups (broad SMARTS) is 1. The van der Waals surface area contributed by atoms with Crippen LogP contribution < -0.4 is 5.32 Å². The molecule has 0 fully saturated rings. The van der Waals surface area contributed by atoms with Crippen LogP contribution in [0.3, 0.4) is 0 Å². The maximum atomic E-state index is 12.4. The zero-order valence-corrected chi connectivity index (χ0v) is 13.4. The van der Waals surface area contributed by atoms with Crippen LogP contribution in [0.4, 0.5) is 18.2 Å². The third-order valence-corrected chi connectivity index (χ3v) is 4.23. The van der Waals surface area contributed by atoms with Crippen molar-refractivity contribution in [3.8, 4) is 0 Å². The highest BCUT2D eigenvalue weighted by Crippen LogP contribution is 2.33. The third-order valence-electron chi connectivity index (χ3n) is 3.17. The molecule has 128 valence electrons. The number of aromatic carboxylic acids is 1. The van der Waals surface area contributed by atoms with E-state index in [0.29, 0.717) is 12.0 Å². The second-order valence-electron chi connectivity index (χ2n) is 4.75. The Labute approximate surface area is 138 Å². The van der Waals surface area contributed by atoms with Gasteiger partial charge in [-0.25, -0.2) is 14.8 Å². The topological polar surface area (TPSA) is 92.2 Å². The van der Waals surface area contributed by atoms with Gasteiger partial charge in [0.2, 0.25) is 5.82 Å². The minimum absolute atomic E-state index is 0.0128. The van der Waals surface area contributed by atoms with Gasteiger partial charge in [0.15, 0.2) is 0 Å². The van der Waals surface area contributed by atoms with Crippen molar-refractivity contribution >= 4 is 28.2 Å². The average Bonchev–Trinajstić information content (AvgIpc) is 2.81. The molecule has 1 amide bonds. The fourth-order valence-electron chi connectivity index (χ4n) is 2.09. The van der Waals surface area contributed by atoms with Crippen molar-refractivity contribution in [3.05, 3.63) is 39.8 Å². The van der Waals surface area contributed by atoms with Gasteiger partial charge in [-0.3, -0.25) is 4.79 Å². The summed E-state index contributed by atoms with van der Waals surface area (Å²) in [6.45, 7) is 3.52. The number of carboxylic acids is 1. The van der Waals surface area contributed by atoms with E-state index in [1.807, 2.05) is 0 Å². The first-order valence-electron chi connectivity index (χ1n) is 6.71. The van der Waals surface area contributed by atoms with Gasteiger partial charge in [-0.2, -0.15) is 13.2 Å². The summed E-state index contributed by atoms with van der Waals surface area (Å²) in [4.78, 5) is 30.4. The van der Waals surface area contributed by atoms with E-state index in [9.17, 15) is 27.9 Å². The Hall–Kier alpha value is -2.49. The molecule has 0 atom stereocenters. The normalized spacial score (nSPS) is 11.4. The van der Waals surface area contributed by atoms with E-state index in [1.165, 1.54) is 0 Å². The van der Waals surface area contributed by atoms with Crippen LogP contribution in [0.2, 0.25) is 0 Å². The number of aryl methyl sites for hydroxylation is 1. The second kappa shape index (κ2) is 6.56. The number of hydrogen-bond donors (Lipinski definition) is 2. The number of rotatable bonds is 4. The van der Waals surface area contributed by atoms with E-state index in [-0.39, 0.29) is 16.1 Å². The Kier molecular flexibility index (Phi) is 4.88. The van der Waals surface area contributed by atoms with Crippen LogP contribution >= 0.6 is 11.3 Å². The predicted octanol–water partition coefficient (Wildman–Crippen LogP) is 3.38. The molecule has 2 heterocycles. The predicted molar refractivity (Wildman–Crippen MR) is 80.4 cm³/mol. The van der Waals surface area contributed by atoms with E-state index in [0.717, 1.165) is 28.6 Å². The molecular formula is C14H12F3N3O3S. The molecular weight excluding hydrogens is 347 g/mol. The number of nitrogens with zero attached hydrogens (tertiary/aromatic N) is 2. The average molecular weight is 359 g/mol. The number of carbonyl (C=O) groups excluding carboxylic acids is 1. The Bertz CT molecular complexity index is 785. The van der Waals surface area contributed by atoms with Crippen LogP contribution in [0, 0.1) is 6.92 Å². The minimum atomic E-state index is -4.70. The lowest BCUT2D eigenvalue weighted by molar-refractivity contribution is -0.145.